The van der Waals surface area contributed by atoms with E-state index in [9.17, 15) is 9.00 Å². The van der Waals surface area contributed by atoms with Crippen molar-refractivity contribution >= 4 is 16.7 Å². The molecule has 0 aliphatic carbocycles. The first-order valence-corrected chi connectivity index (χ1v) is 6.91. The van der Waals surface area contributed by atoms with E-state index in [2.05, 4.69) is 10.6 Å². The van der Waals surface area contributed by atoms with Gasteiger partial charge in [-0.1, -0.05) is 0 Å². The molecular weight excluding hydrogens is 224 g/mol. The summed E-state index contributed by atoms with van der Waals surface area (Å²) in [5.74, 6) is 0.652. The zero-order chi connectivity index (χ0) is 12.8. The summed E-state index contributed by atoms with van der Waals surface area (Å²) in [4.78, 5) is 11.1. The SMILES string of the molecule is CNC(=O)CC(C)NCCS(=O)C(C)(C)C. The van der Waals surface area contributed by atoms with Gasteiger partial charge in [-0.25, -0.2) is 0 Å². The molecule has 2 N–H and O–H groups in total. The van der Waals surface area contributed by atoms with Crippen LogP contribution in [0.5, 0.6) is 0 Å². The van der Waals surface area contributed by atoms with Gasteiger partial charge in [0.15, 0.2) is 0 Å². The van der Waals surface area contributed by atoms with Crippen LogP contribution < -0.4 is 10.6 Å². The molecule has 5 heteroatoms. The summed E-state index contributed by atoms with van der Waals surface area (Å²) in [7, 11) is 0.797. The molecule has 0 aromatic carbocycles. The van der Waals surface area contributed by atoms with Crippen LogP contribution in [0.25, 0.3) is 0 Å². The highest BCUT2D eigenvalue weighted by atomic mass is 32.2. The molecule has 0 aliphatic rings. The lowest BCUT2D eigenvalue weighted by atomic mass is 10.2. The third-order valence-electron chi connectivity index (χ3n) is 2.23. The molecule has 0 heterocycles. The van der Waals surface area contributed by atoms with E-state index in [1.54, 1.807) is 7.05 Å². The first-order chi connectivity index (χ1) is 7.27. The van der Waals surface area contributed by atoms with Crippen molar-refractivity contribution in [3.63, 3.8) is 0 Å². The number of hydrogen-bond donors (Lipinski definition) is 2. The molecule has 0 saturated carbocycles. The van der Waals surface area contributed by atoms with Gasteiger partial charge in [-0.15, -0.1) is 0 Å². The van der Waals surface area contributed by atoms with Gasteiger partial charge in [-0.2, -0.15) is 0 Å². The molecule has 96 valence electrons. The van der Waals surface area contributed by atoms with Crippen molar-refractivity contribution in [2.75, 3.05) is 19.3 Å². The molecule has 0 aromatic rings. The predicted molar refractivity (Wildman–Crippen MR) is 68.9 cm³/mol. The Labute approximate surface area is 101 Å². The third-order valence-corrected chi connectivity index (χ3v) is 4.17. The standard InChI is InChI=1S/C11H24N2O2S/c1-9(8-10(14)12-5)13-6-7-16(15)11(2,3)4/h9,13H,6-8H2,1-5H3,(H,12,14). The summed E-state index contributed by atoms with van der Waals surface area (Å²) in [6.45, 7) is 8.54. The second-order valence-electron chi connectivity index (χ2n) is 4.89. The summed E-state index contributed by atoms with van der Waals surface area (Å²) >= 11 is 0. The molecule has 0 fully saturated rings. The van der Waals surface area contributed by atoms with Crippen molar-refractivity contribution < 1.29 is 9.00 Å². The van der Waals surface area contributed by atoms with Crippen LogP contribution in [-0.2, 0) is 15.6 Å². The Hall–Kier alpha value is -0.420. The topological polar surface area (TPSA) is 58.2 Å². The van der Waals surface area contributed by atoms with Gasteiger partial charge in [0.05, 0.1) is 0 Å². The van der Waals surface area contributed by atoms with Gasteiger partial charge in [0.2, 0.25) is 5.91 Å². The van der Waals surface area contributed by atoms with E-state index in [1.807, 2.05) is 27.7 Å². The van der Waals surface area contributed by atoms with Crippen molar-refractivity contribution in [1.82, 2.24) is 10.6 Å². The maximum Gasteiger partial charge on any atom is 0.221 e. The van der Waals surface area contributed by atoms with Crippen LogP contribution in [0.3, 0.4) is 0 Å². The lowest BCUT2D eigenvalue weighted by Crippen LogP contribution is -2.36. The quantitative estimate of drug-likeness (QED) is 0.725. The van der Waals surface area contributed by atoms with Gasteiger partial charge in [-0.3, -0.25) is 9.00 Å². The van der Waals surface area contributed by atoms with E-state index in [4.69, 9.17) is 0 Å². The van der Waals surface area contributed by atoms with Gasteiger partial charge in [-0.05, 0) is 27.7 Å². The summed E-state index contributed by atoms with van der Waals surface area (Å²) in [6.07, 6.45) is 0.457. The molecule has 2 unspecified atom stereocenters. The average molecular weight is 248 g/mol. The fraction of sp³-hybridized carbons (Fsp3) is 0.909. The normalized spacial score (nSPS) is 15.6. The fourth-order valence-corrected chi connectivity index (χ4v) is 2.07. The van der Waals surface area contributed by atoms with Crippen LogP contribution in [0, 0.1) is 0 Å². The van der Waals surface area contributed by atoms with E-state index in [0.29, 0.717) is 18.7 Å². The zero-order valence-electron chi connectivity index (χ0n) is 10.9. The monoisotopic (exact) mass is 248 g/mol. The minimum Gasteiger partial charge on any atom is -0.359 e. The minimum atomic E-state index is -0.831. The second kappa shape index (κ2) is 7.01. The van der Waals surface area contributed by atoms with E-state index in [0.717, 1.165) is 0 Å². The van der Waals surface area contributed by atoms with E-state index < -0.39 is 10.8 Å². The Balaban J connectivity index is 3.74. The van der Waals surface area contributed by atoms with E-state index >= 15 is 0 Å². The average Bonchev–Trinajstić information content (AvgIpc) is 2.15. The van der Waals surface area contributed by atoms with Crippen LogP contribution in [0.15, 0.2) is 0 Å². The molecule has 1 amide bonds. The number of hydrogen-bond acceptors (Lipinski definition) is 3. The second-order valence-corrected chi connectivity index (χ2v) is 7.22. The summed E-state index contributed by atoms with van der Waals surface area (Å²) < 4.78 is 11.6. The lowest BCUT2D eigenvalue weighted by molar-refractivity contribution is -0.121. The molecule has 16 heavy (non-hydrogen) atoms. The van der Waals surface area contributed by atoms with Crippen LogP contribution >= 0.6 is 0 Å². The number of carbonyl (C=O) groups excluding carboxylic acids is 1. The first-order valence-electron chi connectivity index (χ1n) is 5.59. The van der Waals surface area contributed by atoms with Gasteiger partial charge >= 0.3 is 0 Å². The third kappa shape index (κ3) is 6.95. The molecule has 0 aliphatic heterocycles. The molecule has 0 aromatic heterocycles. The largest absolute Gasteiger partial charge is 0.359 e. The maximum atomic E-state index is 11.7. The van der Waals surface area contributed by atoms with E-state index in [-0.39, 0.29) is 16.7 Å². The Morgan fingerprint density at radius 2 is 1.94 bits per heavy atom. The number of carbonyl (C=O) groups is 1. The minimum absolute atomic E-state index is 0.0249. The number of nitrogens with one attached hydrogen (secondary N) is 2. The van der Waals surface area contributed by atoms with Crippen LogP contribution in [0.4, 0.5) is 0 Å². The Morgan fingerprint density at radius 3 is 2.38 bits per heavy atom. The Kier molecular flexibility index (Phi) is 6.83. The summed E-state index contributed by atoms with van der Waals surface area (Å²) in [5, 5.41) is 5.78. The van der Waals surface area contributed by atoms with Crippen molar-refractivity contribution in [3.05, 3.63) is 0 Å². The highest BCUT2D eigenvalue weighted by Gasteiger charge is 2.18. The zero-order valence-corrected chi connectivity index (χ0v) is 11.7. The predicted octanol–water partition coefficient (Wildman–Crippen LogP) is 0.648. The molecule has 2 atom stereocenters. The van der Waals surface area contributed by atoms with Crippen molar-refractivity contribution in [3.8, 4) is 0 Å². The summed E-state index contributed by atoms with van der Waals surface area (Å²) in [6, 6.07) is 0.122. The highest BCUT2D eigenvalue weighted by Crippen LogP contribution is 2.10. The molecule has 0 radical (unpaired) electrons. The Bertz CT molecular complexity index is 249. The molecule has 0 spiro atoms. The number of rotatable bonds is 6. The van der Waals surface area contributed by atoms with Gasteiger partial charge in [0.1, 0.15) is 0 Å². The fourth-order valence-electron chi connectivity index (χ4n) is 1.16. The Morgan fingerprint density at radius 1 is 1.38 bits per heavy atom. The first kappa shape index (κ1) is 15.6. The molecule has 0 rings (SSSR count). The maximum absolute atomic E-state index is 11.7. The highest BCUT2D eigenvalue weighted by molar-refractivity contribution is 7.86. The van der Waals surface area contributed by atoms with Crippen molar-refractivity contribution in [2.45, 2.75) is 44.9 Å². The molecular formula is C11H24N2O2S. The van der Waals surface area contributed by atoms with Crippen LogP contribution in [0.2, 0.25) is 0 Å². The molecule has 4 nitrogen and oxygen atoms in total. The van der Waals surface area contributed by atoms with Crippen LogP contribution in [0.1, 0.15) is 34.1 Å². The lowest BCUT2D eigenvalue weighted by Gasteiger charge is -2.19. The van der Waals surface area contributed by atoms with E-state index in [1.165, 1.54) is 0 Å². The van der Waals surface area contributed by atoms with Crippen molar-refractivity contribution in [2.24, 2.45) is 0 Å². The van der Waals surface area contributed by atoms with Gasteiger partial charge in [0, 0.05) is 47.4 Å². The molecule has 0 bridgehead atoms. The molecule has 0 saturated heterocycles. The number of amides is 1. The van der Waals surface area contributed by atoms with Gasteiger partial charge < -0.3 is 10.6 Å². The smallest absolute Gasteiger partial charge is 0.221 e. The van der Waals surface area contributed by atoms with Crippen LogP contribution in [-0.4, -0.2) is 40.3 Å². The summed E-state index contributed by atoms with van der Waals surface area (Å²) in [5.41, 5.74) is 0. The van der Waals surface area contributed by atoms with Crippen molar-refractivity contribution in [1.29, 1.82) is 0 Å². The van der Waals surface area contributed by atoms with Gasteiger partial charge in [0.25, 0.3) is 0 Å².